The first-order valence-corrected chi connectivity index (χ1v) is 8.07. The predicted octanol–water partition coefficient (Wildman–Crippen LogP) is 4.61. The van der Waals surface area contributed by atoms with Crippen LogP contribution in [0.15, 0.2) is 18.2 Å². The minimum atomic E-state index is 0.367. The Bertz CT molecular complexity index is 461. The third-order valence-electron chi connectivity index (χ3n) is 5.33. The van der Waals surface area contributed by atoms with E-state index in [1.807, 2.05) is 0 Å². The van der Waals surface area contributed by atoms with E-state index in [0.29, 0.717) is 10.8 Å². The van der Waals surface area contributed by atoms with Crippen LogP contribution in [-0.4, -0.2) is 13.1 Å². The molecule has 0 aliphatic heterocycles. The van der Waals surface area contributed by atoms with E-state index in [9.17, 15) is 0 Å². The standard InChI is InChI=1S/C19H31N/c1-7-20-13-19(11-17(12-19)18(4,5)6)16-9-8-14(2)15(3)10-16/h8-10,17,20H,7,11-13H2,1-6H3. The quantitative estimate of drug-likeness (QED) is 0.845. The molecule has 1 N–H and O–H groups in total. The van der Waals surface area contributed by atoms with Crippen molar-refractivity contribution < 1.29 is 0 Å². The summed E-state index contributed by atoms with van der Waals surface area (Å²) in [7, 11) is 0. The van der Waals surface area contributed by atoms with E-state index in [-0.39, 0.29) is 0 Å². The molecule has 20 heavy (non-hydrogen) atoms. The fourth-order valence-electron chi connectivity index (χ4n) is 3.41. The van der Waals surface area contributed by atoms with Gasteiger partial charge in [-0.1, -0.05) is 45.9 Å². The third-order valence-corrected chi connectivity index (χ3v) is 5.33. The molecule has 1 aliphatic rings. The number of hydrogen-bond acceptors (Lipinski definition) is 1. The SMILES string of the molecule is CCNCC1(c2ccc(C)c(C)c2)CC(C(C)(C)C)C1. The molecule has 1 aliphatic carbocycles. The van der Waals surface area contributed by atoms with E-state index in [1.165, 1.54) is 24.0 Å². The van der Waals surface area contributed by atoms with Gasteiger partial charge in [0, 0.05) is 12.0 Å². The number of rotatable bonds is 4. The molecule has 0 saturated heterocycles. The number of nitrogens with one attached hydrogen (secondary N) is 1. The zero-order chi connectivity index (χ0) is 15.0. The lowest BCUT2D eigenvalue weighted by molar-refractivity contribution is 0.0452. The third kappa shape index (κ3) is 2.93. The predicted molar refractivity (Wildman–Crippen MR) is 88.3 cm³/mol. The van der Waals surface area contributed by atoms with Crippen LogP contribution >= 0.6 is 0 Å². The summed E-state index contributed by atoms with van der Waals surface area (Å²) in [6, 6.07) is 7.08. The molecular weight excluding hydrogens is 242 g/mol. The van der Waals surface area contributed by atoms with Gasteiger partial charge in [0.2, 0.25) is 0 Å². The van der Waals surface area contributed by atoms with Gasteiger partial charge in [0.15, 0.2) is 0 Å². The van der Waals surface area contributed by atoms with Crippen molar-refractivity contribution >= 4 is 0 Å². The maximum atomic E-state index is 3.60. The minimum absolute atomic E-state index is 0.367. The molecule has 0 spiro atoms. The van der Waals surface area contributed by atoms with Gasteiger partial charge in [0.1, 0.15) is 0 Å². The van der Waals surface area contributed by atoms with Crippen molar-refractivity contribution in [2.75, 3.05) is 13.1 Å². The maximum absolute atomic E-state index is 3.60. The molecule has 1 nitrogen and oxygen atoms in total. The molecule has 0 unspecified atom stereocenters. The van der Waals surface area contributed by atoms with Gasteiger partial charge in [-0.2, -0.15) is 0 Å². The highest BCUT2D eigenvalue weighted by Gasteiger charge is 2.48. The number of hydrogen-bond donors (Lipinski definition) is 1. The van der Waals surface area contributed by atoms with E-state index in [2.05, 4.69) is 65.1 Å². The molecule has 1 aromatic rings. The Hall–Kier alpha value is -0.820. The minimum Gasteiger partial charge on any atom is -0.316 e. The van der Waals surface area contributed by atoms with Crippen molar-refractivity contribution in [3.05, 3.63) is 34.9 Å². The van der Waals surface area contributed by atoms with Gasteiger partial charge in [-0.15, -0.1) is 0 Å². The van der Waals surface area contributed by atoms with Crippen molar-refractivity contribution in [1.29, 1.82) is 0 Å². The van der Waals surface area contributed by atoms with E-state index >= 15 is 0 Å². The van der Waals surface area contributed by atoms with Gasteiger partial charge < -0.3 is 5.32 Å². The monoisotopic (exact) mass is 273 g/mol. The summed E-state index contributed by atoms with van der Waals surface area (Å²) in [4.78, 5) is 0. The highest BCUT2D eigenvalue weighted by atomic mass is 14.9. The Morgan fingerprint density at radius 3 is 2.30 bits per heavy atom. The summed E-state index contributed by atoms with van der Waals surface area (Å²) in [5.41, 5.74) is 5.18. The fraction of sp³-hybridized carbons (Fsp3) is 0.684. The second-order valence-corrected chi connectivity index (χ2v) is 7.83. The Balaban J connectivity index is 2.23. The van der Waals surface area contributed by atoms with Crippen LogP contribution in [0.3, 0.4) is 0 Å². The molecule has 0 atom stereocenters. The normalized spacial score (nSPS) is 26.4. The summed E-state index contributed by atoms with van der Waals surface area (Å²) >= 11 is 0. The van der Waals surface area contributed by atoms with Crippen LogP contribution < -0.4 is 5.32 Å². The Morgan fingerprint density at radius 2 is 1.80 bits per heavy atom. The molecular formula is C19H31N. The summed E-state index contributed by atoms with van der Waals surface area (Å²) in [6.07, 6.45) is 2.65. The summed E-state index contributed by atoms with van der Waals surface area (Å²) < 4.78 is 0. The smallest absolute Gasteiger partial charge is 0.00835 e. The summed E-state index contributed by atoms with van der Waals surface area (Å²) in [5, 5.41) is 3.60. The van der Waals surface area contributed by atoms with E-state index in [1.54, 1.807) is 5.56 Å². The van der Waals surface area contributed by atoms with Crippen LogP contribution in [-0.2, 0) is 5.41 Å². The molecule has 2 rings (SSSR count). The van der Waals surface area contributed by atoms with Crippen molar-refractivity contribution in [3.8, 4) is 0 Å². The second-order valence-electron chi connectivity index (χ2n) is 7.83. The maximum Gasteiger partial charge on any atom is 0.00835 e. The molecule has 0 amide bonds. The van der Waals surface area contributed by atoms with Gasteiger partial charge in [0.05, 0.1) is 0 Å². The number of likely N-dealkylation sites (N-methyl/N-ethyl adjacent to an activating group) is 1. The van der Waals surface area contributed by atoms with Gasteiger partial charge in [-0.3, -0.25) is 0 Å². The highest BCUT2D eigenvalue weighted by molar-refractivity contribution is 5.37. The van der Waals surface area contributed by atoms with E-state index in [0.717, 1.165) is 19.0 Å². The number of aryl methyl sites for hydroxylation is 2. The molecule has 0 heterocycles. The number of benzene rings is 1. The van der Waals surface area contributed by atoms with Crippen LogP contribution in [0.5, 0.6) is 0 Å². The Morgan fingerprint density at radius 1 is 1.15 bits per heavy atom. The van der Waals surface area contributed by atoms with Crippen molar-refractivity contribution in [2.45, 2.75) is 59.8 Å². The van der Waals surface area contributed by atoms with Crippen LogP contribution in [0.4, 0.5) is 0 Å². The Kier molecular flexibility index (Phi) is 4.30. The first-order valence-electron chi connectivity index (χ1n) is 8.07. The average molecular weight is 273 g/mol. The molecule has 0 bridgehead atoms. The molecule has 0 radical (unpaired) electrons. The first kappa shape index (κ1) is 15.6. The van der Waals surface area contributed by atoms with E-state index in [4.69, 9.17) is 0 Å². The van der Waals surface area contributed by atoms with Crippen LogP contribution in [0.25, 0.3) is 0 Å². The van der Waals surface area contributed by atoms with Gasteiger partial charge >= 0.3 is 0 Å². The van der Waals surface area contributed by atoms with Gasteiger partial charge in [0.25, 0.3) is 0 Å². The van der Waals surface area contributed by atoms with Crippen molar-refractivity contribution in [1.82, 2.24) is 5.32 Å². The van der Waals surface area contributed by atoms with Crippen LogP contribution in [0.2, 0.25) is 0 Å². The highest BCUT2D eigenvalue weighted by Crippen LogP contribution is 2.54. The molecule has 1 fully saturated rings. The molecule has 1 heteroatoms. The first-order chi connectivity index (χ1) is 9.28. The largest absolute Gasteiger partial charge is 0.316 e. The topological polar surface area (TPSA) is 12.0 Å². The lowest BCUT2D eigenvalue weighted by Crippen LogP contribution is -2.52. The zero-order valence-electron chi connectivity index (χ0n) is 14.1. The molecule has 112 valence electrons. The Labute approximate surface area is 125 Å². The zero-order valence-corrected chi connectivity index (χ0v) is 14.1. The molecule has 0 aromatic heterocycles. The van der Waals surface area contributed by atoms with Crippen LogP contribution in [0.1, 0.15) is 57.2 Å². The molecule has 1 saturated carbocycles. The lowest BCUT2D eigenvalue weighted by atomic mass is 9.52. The average Bonchev–Trinajstić information content (AvgIpc) is 2.30. The lowest BCUT2D eigenvalue weighted by Gasteiger charge is -2.53. The molecule has 1 aromatic carbocycles. The second kappa shape index (κ2) is 5.52. The van der Waals surface area contributed by atoms with Gasteiger partial charge in [-0.25, -0.2) is 0 Å². The van der Waals surface area contributed by atoms with Crippen molar-refractivity contribution in [3.63, 3.8) is 0 Å². The summed E-state index contributed by atoms with van der Waals surface area (Å²) in [5.74, 6) is 0.850. The van der Waals surface area contributed by atoms with Gasteiger partial charge in [-0.05, 0) is 61.3 Å². The van der Waals surface area contributed by atoms with Crippen LogP contribution in [0, 0.1) is 25.2 Å². The fourth-order valence-corrected chi connectivity index (χ4v) is 3.41. The van der Waals surface area contributed by atoms with Crippen molar-refractivity contribution in [2.24, 2.45) is 11.3 Å². The van der Waals surface area contributed by atoms with E-state index < -0.39 is 0 Å². The summed E-state index contributed by atoms with van der Waals surface area (Å²) in [6.45, 7) is 16.0.